The van der Waals surface area contributed by atoms with E-state index in [1.807, 2.05) is 0 Å². The Morgan fingerprint density at radius 3 is 1.41 bits per heavy atom. The number of rotatable bonds is 6. The summed E-state index contributed by atoms with van der Waals surface area (Å²) in [6, 6.07) is 43.5. The van der Waals surface area contributed by atoms with Gasteiger partial charge in [-0.2, -0.15) is 0 Å². The maximum absolute atomic E-state index is 5.09. The second-order valence-corrected chi connectivity index (χ2v) is 11.8. The minimum Gasteiger partial charge on any atom is -1.00 e. The summed E-state index contributed by atoms with van der Waals surface area (Å²) in [4.78, 5) is 5.09. The third-order valence-corrected chi connectivity index (χ3v) is 10.8. The summed E-state index contributed by atoms with van der Waals surface area (Å²) in [6.07, 6.45) is 0.911. The molecule has 1 heterocycles. The van der Waals surface area contributed by atoms with Crippen molar-refractivity contribution in [3.8, 4) is 10.6 Å². The molecule has 0 radical (unpaired) electrons. The topological polar surface area (TPSA) is 12.9 Å². The lowest BCUT2D eigenvalue weighted by Crippen LogP contribution is -3.00. The summed E-state index contributed by atoms with van der Waals surface area (Å²) in [6.45, 7) is 0. The van der Waals surface area contributed by atoms with Gasteiger partial charge >= 0.3 is 0 Å². The number of nitrogens with zero attached hydrogens (tertiary/aromatic N) is 1. The molecule has 0 saturated heterocycles. The zero-order valence-electron chi connectivity index (χ0n) is 17.5. The number of benzene rings is 4. The molecule has 0 unspecified atom stereocenters. The quantitative estimate of drug-likeness (QED) is 0.346. The zero-order chi connectivity index (χ0) is 20.9. The lowest BCUT2D eigenvalue weighted by atomic mass is 10.2. The predicted molar refractivity (Wildman–Crippen MR) is 136 cm³/mol. The van der Waals surface area contributed by atoms with E-state index in [1.165, 1.54) is 21.5 Å². The van der Waals surface area contributed by atoms with Crippen molar-refractivity contribution in [3.63, 3.8) is 0 Å². The first-order valence-corrected chi connectivity index (χ1v) is 13.3. The van der Waals surface area contributed by atoms with Crippen molar-refractivity contribution in [3.05, 3.63) is 132 Å². The molecule has 32 heavy (non-hydrogen) atoms. The lowest BCUT2D eigenvalue weighted by molar-refractivity contribution is -0.00000598. The van der Waals surface area contributed by atoms with Gasteiger partial charge in [-0.1, -0.05) is 84.9 Å². The van der Waals surface area contributed by atoms with E-state index in [0.717, 1.165) is 16.9 Å². The van der Waals surface area contributed by atoms with Gasteiger partial charge in [-0.3, -0.25) is 0 Å². The van der Waals surface area contributed by atoms with Gasteiger partial charge in [0.2, 0.25) is 0 Å². The van der Waals surface area contributed by atoms with Crippen molar-refractivity contribution in [2.45, 2.75) is 6.16 Å². The molecule has 0 amide bonds. The number of halogens is 1. The van der Waals surface area contributed by atoms with Gasteiger partial charge in [-0.25, -0.2) is 4.98 Å². The van der Waals surface area contributed by atoms with Crippen LogP contribution in [0, 0.1) is 0 Å². The van der Waals surface area contributed by atoms with E-state index >= 15 is 0 Å². The zero-order valence-corrected chi connectivity index (χ0v) is 20.0. The van der Waals surface area contributed by atoms with Gasteiger partial charge in [0, 0.05) is 10.9 Å². The van der Waals surface area contributed by atoms with Gasteiger partial charge in [0.25, 0.3) is 0 Å². The number of hydrogen-bond acceptors (Lipinski definition) is 2. The summed E-state index contributed by atoms with van der Waals surface area (Å²) in [5.74, 6) is 0. The van der Waals surface area contributed by atoms with Crippen LogP contribution in [-0.4, -0.2) is 4.98 Å². The predicted octanol–water partition coefficient (Wildman–Crippen LogP) is 3.31. The molecule has 0 spiro atoms. The van der Waals surface area contributed by atoms with Gasteiger partial charge in [0.05, 0.1) is 5.69 Å². The molecule has 0 fully saturated rings. The second-order valence-electron chi connectivity index (χ2n) is 7.48. The Hall–Kier alpha value is -2.77. The van der Waals surface area contributed by atoms with Crippen LogP contribution in [0.25, 0.3) is 10.6 Å². The van der Waals surface area contributed by atoms with Gasteiger partial charge < -0.3 is 12.4 Å². The Morgan fingerprint density at radius 2 is 0.969 bits per heavy atom. The van der Waals surface area contributed by atoms with E-state index in [2.05, 4.69) is 127 Å². The molecular weight excluding hydrogens is 449 g/mol. The summed E-state index contributed by atoms with van der Waals surface area (Å²) >= 11 is 1.74. The first-order valence-electron chi connectivity index (χ1n) is 10.4. The van der Waals surface area contributed by atoms with Gasteiger partial charge in [-0.15, -0.1) is 11.3 Å². The van der Waals surface area contributed by atoms with Crippen molar-refractivity contribution in [2.75, 3.05) is 0 Å². The fourth-order valence-corrected chi connectivity index (χ4v) is 9.19. The third-order valence-electron chi connectivity index (χ3n) is 5.56. The summed E-state index contributed by atoms with van der Waals surface area (Å²) < 4.78 is 0. The first kappa shape index (κ1) is 22.4. The third kappa shape index (κ3) is 4.40. The highest BCUT2D eigenvalue weighted by Gasteiger charge is 2.46. The molecule has 0 bridgehead atoms. The fraction of sp³-hybridized carbons (Fsp3) is 0.0357. The molecule has 0 N–H and O–H groups in total. The highest BCUT2D eigenvalue weighted by Crippen LogP contribution is 2.58. The Morgan fingerprint density at radius 1 is 0.562 bits per heavy atom. The van der Waals surface area contributed by atoms with Crippen LogP contribution in [0.1, 0.15) is 5.69 Å². The number of aromatic nitrogens is 1. The monoisotopic (exact) mass is 471 g/mol. The minimum atomic E-state index is -1.91. The smallest absolute Gasteiger partial charge is 0.123 e. The molecule has 0 aliphatic carbocycles. The van der Waals surface area contributed by atoms with E-state index in [4.69, 9.17) is 4.98 Å². The van der Waals surface area contributed by atoms with E-state index in [0.29, 0.717) is 0 Å². The maximum atomic E-state index is 5.09. The second kappa shape index (κ2) is 10.2. The maximum Gasteiger partial charge on any atom is 0.123 e. The minimum absolute atomic E-state index is 0. The molecule has 5 aromatic rings. The van der Waals surface area contributed by atoms with Crippen LogP contribution in [0.3, 0.4) is 0 Å². The van der Waals surface area contributed by atoms with Crippen molar-refractivity contribution in [1.82, 2.24) is 4.98 Å². The highest BCUT2D eigenvalue weighted by atomic mass is 35.5. The standard InChI is InChI=1S/C28H23NPS.ClH/c1-5-13-23(14-6-1)28-29-24(22-31-28)21-30(25-15-7-2-8-16-25,26-17-9-3-10-18-26)27-19-11-4-12-20-27;/h1-20,22H,21H2;1H/q+1;/p-1. The molecular formula is C28H23ClNPS. The van der Waals surface area contributed by atoms with E-state index in [9.17, 15) is 0 Å². The molecule has 4 heteroatoms. The van der Waals surface area contributed by atoms with Gasteiger partial charge in [-0.05, 0) is 36.4 Å². The number of thiazole rings is 1. The SMILES string of the molecule is [Cl-].c1ccc(-c2nc(C[P+](c3ccccc3)(c3ccccc3)c3ccccc3)cs2)cc1. The van der Waals surface area contributed by atoms with Crippen LogP contribution in [0.15, 0.2) is 127 Å². The molecule has 0 aliphatic heterocycles. The molecule has 4 aromatic carbocycles. The lowest BCUT2D eigenvalue weighted by Gasteiger charge is -2.27. The molecule has 158 valence electrons. The Balaban J connectivity index is 0.00000245. The molecule has 1 nitrogen and oxygen atoms in total. The van der Waals surface area contributed by atoms with Crippen LogP contribution in [-0.2, 0) is 6.16 Å². The molecule has 0 atom stereocenters. The fourth-order valence-electron chi connectivity index (χ4n) is 4.10. The largest absolute Gasteiger partial charge is 1.00 e. The van der Waals surface area contributed by atoms with Crippen LogP contribution in [0.4, 0.5) is 0 Å². The molecule has 1 aromatic heterocycles. The Kier molecular flexibility index (Phi) is 7.17. The normalized spacial score (nSPS) is 11.0. The molecule has 0 aliphatic rings. The van der Waals surface area contributed by atoms with Crippen LogP contribution in [0.2, 0.25) is 0 Å². The van der Waals surface area contributed by atoms with E-state index in [1.54, 1.807) is 11.3 Å². The Bertz CT molecular complexity index is 1150. The van der Waals surface area contributed by atoms with Gasteiger partial charge in [0.15, 0.2) is 0 Å². The van der Waals surface area contributed by atoms with Gasteiger partial charge in [0.1, 0.15) is 34.3 Å². The Labute approximate surface area is 200 Å². The van der Waals surface area contributed by atoms with Crippen LogP contribution >= 0.6 is 18.6 Å². The molecule has 0 saturated carbocycles. The van der Waals surface area contributed by atoms with Crippen LogP contribution < -0.4 is 28.3 Å². The summed E-state index contributed by atoms with van der Waals surface area (Å²) in [5, 5.41) is 7.50. The van der Waals surface area contributed by atoms with Crippen molar-refractivity contribution < 1.29 is 12.4 Å². The average molecular weight is 472 g/mol. The van der Waals surface area contributed by atoms with Crippen molar-refractivity contribution in [1.29, 1.82) is 0 Å². The van der Waals surface area contributed by atoms with Crippen LogP contribution in [0.5, 0.6) is 0 Å². The summed E-state index contributed by atoms with van der Waals surface area (Å²) in [5.41, 5.74) is 2.34. The number of hydrogen-bond donors (Lipinski definition) is 0. The summed E-state index contributed by atoms with van der Waals surface area (Å²) in [7, 11) is -1.91. The highest BCUT2D eigenvalue weighted by molar-refractivity contribution is 7.95. The van der Waals surface area contributed by atoms with E-state index in [-0.39, 0.29) is 12.4 Å². The van der Waals surface area contributed by atoms with Crippen molar-refractivity contribution >= 4 is 34.5 Å². The first-order chi connectivity index (χ1) is 15.4. The molecule has 5 rings (SSSR count). The average Bonchev–Trinajstić information content (AvgIpc) is 3.33. The van der Waals surface area contributed by atoms with Crippen molar-refractivity contribution in [2.24, 2.45) is 0 Å². The van der Waals surface area contributed by atoms with E-state index < -0.39 is 7.26 Å².